The molecule has 1 aromatic heterocycles. The van der Waals surface area contributed by atoms with E-state index in [-0.39, 0.29) is 0 Å². The van der Waals surface area contributed by atoms with Gasteiger partial charge in [0.05, 0.1) is 12.0 Å². The van der Waals surface area contributed by atoms with Gasteiger partial charge in [0.15, 0.2) is 0 Å². The van der Waals surface area contributed by atoms with E-state index in [0.717, 1.165) is 25.6 Å². The molecular weight excluding hydrogens is 234 g/mol. The molecule has 1 aliphatic carbocycles. The largest absolute Gasteiger partial charge is 0.330 e. The number of hydrogen-bond acceptors (Lipinski definition) is 2. The van der Waals surface area contributed by atoms with Gasteiger partial charge in [0.25, 0.3) is 0 Å². The van der Waals surface area contributed by atoms with Crippen molar-refractivity contribution in [1.82, 2.24) is 14.9 Å². The predicted molar refractivity (Wildman–Crippen MR) is 77.1 cm³/mol. The lowest BCUT2D eigenvalue weighted by atomic mass is 10.1. The van der Waals surface area contributed by atoms with Crippen LogP contribution in [0.1, 0.15) is 35.7 Å². The van der Waals surface area contributed by atoms with Crippen LogP contribution in [0.3, 0.4) is 0 Å². The fourth-order valence-electron chi connectivity index (χ4n) is 2.47. The molecule has 0 radical (unpaired) electrons. The molecule has 0 unspecified atom stereocenters. The molecule has 0 aliphatic heterocycles. The van der Waals surface area contributed by atoms with Crippen molar-refractivity contribution in [3.05, 3.63) is 53.6 Å². The number of imidazole rings is 1. The minimum atomic E-state index is 0.719. The van der Waals surface area contributed by atoms with E-state index in [2.05, 4.69) is 46.1 Å². The third-order valence-corrected chi connectivity index (χ3v) is 3.67. The van der Waals surface area contributed by atoms with Gasteiger partial charge in [0.2, 0.25) is 0 Å². The third kappa shape index (κ3) is 3.24. The van der Waals surface area contributed by atoms with Crippen LogP contribution in [0.4, 0.5) is 0 Å². The van der Waals surface area contributed by atoms with Crippen molar-refractivity contribution < 1.29 is 0 Å². The lowest BCUT2D eigenvalue weighted by molar-refractivity contribution is 0.620. The van der Waals surface area contributed by atoms with Gasteiger partial charge in [-0.15, -0.1) is 0 Å². The molecule has 19 heavy (non-hydrogen) atoms. The van der Waals surface area contributed by atoms with Crippen molar-refractivity contribution in [1.29, 1.82) is 0 Å². The van der Waals surface area contributed by atoms with E-state index >= 15 is 0 Å². The van der Waals surface area contributed by atoms with Gasteiger partial charge in [0.1, 0.15) is 0 Å². The maximum Gasteiger partial charge on any atom is 0.0951 e. The Bertz CT molecular complexity index is 540. The van der Waals surface area contributed by atoms with E-state index < -0.39 is 0 Å². The lowest BCUT2D eigenvalue weighted by Crippen LogP contribution is -2.18. The quantitative estimate of drug-likeness (QED) is 0.804. The Balaban J connectivity index is 1.46. The molecule has 3 heteroatoms. The Hall–Kier alpha value is -1.61. The molecule has 3 nitrogen and oxygen atoms in total. The van der Waals surface area contributed by atoms with Crippen molar-refractivity contribution in [3.63, 3.8) is 0 Å². The van der Waals surface area contributed by atoms with E-state index in [1.54, 1.807) is 0 Å². The molecule has 0 spiro atoms. The molecule has 1 heterocycles. The van der Waals surface area contributed by atoms with E-state index in [1.165, 1.54) is 29.7 Å². The van der Waals surface area contributed by atoms with Crippen molar-refractivity contribution in [2.24, 2.45) is 0 Å². The minimum absolute atomic E-state index is 0.719. The molecule has 1 aromatic carbocycles. The second kappa shape index (κ2) is 5.57. The topological polar surface area (TPSA) is 29.9 Å². The van der Waals surface area contributed by atoms with Crippen LogP contribution >= 0.6 is 0 Å². The monoisotopic (exact) mass is 255 g/mol. The molecule has 2 aromatic rings. The first-order valence-corrected chi connectivity index (χ1v) is 7.10. The SMILES string of the molecule is Cc1cccc(CCNCc2cncn2C2CC2)c1. The zero-order valence-electron chi connectivity index (χ0n) is 11.5. The highest BCUT2D eigenvalue weighted by molar-refractivity contribution is 5.22. The number of nitrogens with one attached hydrogen (secondary N) is 1. The smallest absolute Gasteiger partial charge is 0.0951 e. The molecular formula is C16H21N3. The van der Waals surface area contributed by atoms with Gasteiger partial charge in [-0.1, -0.05) is 29.8 Å². The van der Waals surface area contributed by atoms with Crippen LogP contribution in [0.15, 0.2) is 36.8 Å². The summed E-state index contributed by atoms with van der Waals surface area (Å²) >= 11 is 0. The van der Waals surface area contributed by atoms with Crippen LogP contribution in [0, 0.1) is 6.92 Å². The first-order chi connectivity index (χ1) is 9.33. The fraction of sp³-hybridized carbons (Fsp3) is 0.438. The average Bonchev–Trinajstić information content (AvgIpc) is 3.14. The highest BCUT2D eigenvalue weighted by Gasteiger charge is 2.24. The van der Waals surface area contributed by atoms with Gasteiger partial charge >= 0.3 is 0 Å². The van der Waals surface area contributed by atoms with Crippen molar-refractivity contribution in [2.45, 2.75) is 38.8 Å². The Morgan fingerprint density at radius 2 is 2.26 bits per heavy atom. The van der Waals surface area contributed by atoms with E-state index in [9.17, 15) is 0 Å². The van der Waals surface area contributed by atoms with Crippen molar-refractivity contribution in [3.8, 4) is 0 Å². The average molecular weight is 255 g/mol. The zero-order chi connectivity index (χ0) is 13.1. The van der Waals surface area contributed by atoms with Crippen LogP contribution in [0.5, 0.6) is 0 Å². The Morgan fingerprint density at radius 1 is 1.37 bits per heavy atom. The first kappa shape index (κ1) is 12.4. The van der Waals surface area contributed by atoms with Gasteiger partial charge in [-0.05, 0) is 38.3 Å². The molecule has 3 rings (SSSR count). The van der Waals surface area contributed by atoms with Crippen LogP contribution in [-0.2, 0) is 13.0 Å². The Kier molecular flexibility index (Phi) is 3.65. The zero-order valence-corrected chi connectivity index (χ0v) is 11.5. The van der Waals surface area contributed by atoms with Crippen LogP contribution in [-0.4, -0.2) is 16.1 Å². The number of hydrogen-bond donors (Lipinski definition) is 1. The summed E-state index contributed by atoms with van der Waals surface area (Å²) in [6.45, 7) is 4.08. The van der Waals surface area contributed by atoms with Gasteiger partial charge in [0, 0.05) is 18.8 Å². The minimum Gasteiger partial charge on any atom is -0.330 e. The second-order valence-corrected chi connectivity index (χ2v) is 5.44. The third-order valence-electron chi connectivity index (χ3n) is 3.67. The summed E-state index contributed by atoms with van der Waals surface area (Å²) in [5.74, 6) is 0. The fourth-order valence-corrected chi connectivity index (χ4v) is 2.47. The van der Waals surface area contributed by atoms with E-state index in [4.69, 9.17) is 0 Å². The maximum absolute atomic E-state index is 4.25. The van der Waals surface area contributed by atoms with Crippen molar-refractivity contribution >= 4 is 0 Å². The molecule has 0 bridgehead atoms. The molecule has 0 amide bonds. The normalized spacial score (nSPS) is 14.8. The van der Waals surface area contributed by atoms with Gasteiger partial charge in [-0.3, -0.25) is 0 Å². The number of aryl methyl sites for hydroxylation is 1. The standard InChI is InChI=1S/C16H21N3/c1-13-3-2-4-14(9-13)7-8-17-10-16-11-18-12-19(16)15-5-6-15/h2-4,9,11-12,15,17H,5-8,10H2,1H3. The summed E-state index contributed by atoms with van der Waals surface area (Å²) in [5, 5.41) is 3.52. The molecule has 100 valence electrons. The van der Waals surface area contributed by atoms with Crippen LogP contribution in [0.2, 0.25) is 0 Å². The molecule has 1 saturated carbocycles. The summed E-state index contributed by atoms with van der Waals surface area (Å²) in [5.41, 5.74) is 4.05. The Morgan fingerprint density at radius 3 is 3.05 bits per heavy atom. The van der Waals surface area contributed by atoms with Gasteiger partial charge < -0.3 is 9.88 Å². The Labute approximate surface area is 114 Å². The van der Waals surface area contributed by atoms with Crippen LogP contribution in [0.25, 0.3) is 0 Å². The van der Waals surface area contributed by atoms with Gasteiger partial charge in [-0.25, -0.2) is 4.98 Å². The van der Waals surface area contributed by atoms with E-state index in [0.29, 0.717) is 0 Å². The lowest BCUT2D eigenvalue weighted by Gasteiger charge is -2.08. The highest BCUT2D eigenvalue weighted by atomic mass is 15.1. The summed E-state index contributed by atoms with van der Waals surface area (Å²) < 4.78 is 2.32. The number of nitrogens with zero attached hydrogens (tertiary/aromatic N) is 2. The molecule has 0 saturated heterocycles. The van der Waals surface area contributed by atoms with E-state index in [1.807, 2.05) is 12.5 Å². The summed E-state index contributed by atoms with van der Waals surface area (Å²) in [4.78, 5) is 4.25. The molecule has 1 aliphatic rings. The summed E-state index contributed by atoms with van der Waals surface area (Å²) in [6, 6.07) is 9.45. The van der Waals surface area contributed by atoms with Crippen LogP contribution < -0.4 is 5.32 Å². The maximum atomic E-state index is 4.25. The first-order valence-electron chi connectivity index (χ1n) is 7.10. The predicted octanol–water partition coefficient (Wildman–Crippen LogP) is 2.86. The molecule has 1 N–H and O–H groups in total. The number of rotatable bonds is 6. The molecule has 0 atom stereocenters. The highest BCUT2D eigenvalue weighted by Crippen LogP contribution is 2.35. The van der Waals surface area contributed by atoms with Gasteiger partial charge in [-0.2, -0.15) is 0 Å². The number of aromatic nitrogens is 2. The molecule has 1 fully saturated rings. The van der Waals surface area contributed by atoms with Crippen molar-refractivity contribution in [2.75, 3.05) is 6.54 Å². The second-order valence-electron chi connectivity index (χ2n) is 5.44. The summed E-state index contributed by atoms with van der Waals surface area (Å²) in [7, 11) is 0. The number of benzene rings is 1. The summed E-state index contributed by atoms with van der Waals surface area (Å²) in [6.07, 6.45) is 7.66.